The van der Waals surface area contributed by atoms with Crippen LogP contribution < -0.4 is 4.90 Å². The minimum absolute atomic E-state index is 0.0922. The Balaban J connectivity index is 1.33. The molecule has 0 spiro atoms. The Labute approximate surface area is 270 Å². The highest BCUT2D eigenvalue weighted by molar-refractivity contribution is 6.25. The smallest absolute Gasteiger partial charge is 0.0540 e. The van der Waals surface area contributed by atoms with E-state index >= 15 is 0 Å². The van der Waals surface area contributed by atoms with Gasteiger partial charge in [0.15, 0.2) is 0 Å². The normalized spacial score (nSPS) is 13.2. The lowest BCUT2D eigenvalue weighted by atomic mass is 9.82. The number of benzene rings is 8. The Morgan fingerprint density at radius 3 is 1.59 bits per heavy atom. The SMILES string of the molecule is CC1(C)c2ccccc2-c2ccc(N(c3ccc4c5ccccc5c5ccccc5c4c3)c3ccccc3-c3ccccc3)cc21. The van der Waals surface area contributed by atoms with Crippen molar-refractivity contribution in [3.63, 3.8) is 0 Å². The molecule has 8 aromatic rings. The van der Waals surface area contributed by atoms with Crippen molar-refractivity contribution in [2.45, 2.75) is 19.3 Å². The van der Waals surface area contributed by atoms with Crippen LogP contribution in [0.4, 0.5) is 17.1 Å². The molecule has 1 aliphatic carbocycles. The van der Waals surface area contributed by atoms with Gasteiger partial charge >= 0.3 is 0 Å². The lowest BCUT2D eigenvalue weighted by Gasteiger charge is -2.30. The molecule has 0 radical (unpaired) electrons. The summed E-state index contributed by atoms with van der Waals surface area (Å²) in [7, 11) is 0. The second-order valence-electron chi connectivity index (χ2n) is 12.9. The molecule has 0 N–H and O–H groups in total. The number of hydrogen-bond donors (Lipinski definition) is 0. The van der Waals surface area contributed by atoms with Crippen LogP contribution in [0.3, 0.4) is 0 Å². The molecule has 0 fully saturated rings. The van der Waals surface area contributed by atoms with Crippen LogP contribution in [0.15, 0.2) is 164 Å². The number of anilines is 3. The predicted octanol–water partition coefficient (Wildman–Crippen LogP) is 12.6. The monoisotopic (exact) mass is 587 g/mol. The second-order valence-corrected chi connectivity index (χ2v) is 12.9. The summed E-state index contributed by atoms with van der Waals surface area (Å²) in [4.78, 5) is 2.46. The Morgan fingerprint density at radius 1 is 0.370 bits per heavy atom. The van der Waals surface area contributed by atoms with Gasteiger partial charge in [0.2, 0.25) is 0 Å². The number of fused-ring (bicyclic) bond motifs is 9. The van der Waals surface area contributed by atoms with E-state index in [1.54, 1.807) is 0 Å². The molecule has 0 bridgehead atoms. The van der Waals surface area contributed by atoms with Gasteiger partial charge in [0.25, 0.3) is 0 Å². The van der Waals surface area contributed by atoms with Gasteiger partial charge in [0.1, 0.15) is 0 Å². The first-order chi connectivity index (χ1) is 22.6. The van der Waals surface area contributed by atoms with Crippen LogP contribution in [-0.4, -0.2) is 0 Å². The van der Waals surface area contributed by atoms with Crippen LogP contribution in [0.25, 0.3) is 54.6 Å². The van der Waals surface area contributed by atoms with E-state index in [0.717, 1.165) is 17.1 Å². The molecule has 0 aromatic heterocycles. The highest BCUT2D eigenvalue weighted by Crippen LogP contribution is 2.51. The van der Waals surface area contributed by atoms with Crippen molar-refractivity contribution >= 4 is 49.4 Å². The lowest BCUT2D eigenvalue weighted by Crippen LogP contribution is -2.16. The van der Waals surface area contributed by atoms with Crippen LogP contribution in [0.1, 0.15) is 25.0 Å². The van der Waals surface area contributed by atoms with Crippen LogP contribution in [0.2, 0.25) is 0 Å². The highest BCUT2D eigenvalue weighted by atomic mass is 15.1. The third-order valence-corrected chi connectivity index (χ3v) is 10.0. The van der Waals surface area contributed by atoms with Crippen molar-refractivity contribution in [2.75, 3.05) is 4.90 Å². The highest BCUT2D eigenvalue weighted by Gasteiger charge is 2.35. The summed E-state index contributed by atoms with van der Waals surface area (Å²) in [6.45, 7) is 4.72. The average Bonchev–Trinajstić information content (AvgIpc) is 3.35. The molecule has 0 saturated carbocycles. The fourth-order valence-electron chi connectivity index (χ4n) is 7.82. The Kier molecular flexibility index (Phi) is 5.92. The standard InChI is InChI=1S/C45H33N/c1-45(2)42-22-12-10-21-39(42)40-27-25-32(29-43(40)45)46(44-23-13-11-16-33(44)30-14-4-3-5-15-30)31-24-26-38-36-19-7-6-17-34(36)35-18-8-9-20-37(35)41(38)28-31/h3-29H,1-2H3. The molecule has 9 rings (SSSR count). The summed E-state index contributed by atoms with van der Waals surface area (Å²) in [6, 6.07) is 60.2. The van der Waals surface area contributed by atoms with Gasteiger partial charge in [-0.2, -0.15) is 0 Å². The summed E-state index contributed by atoms with van der Waals surface area (Å²) in [6.07, 6.45) is 0. The van der Waals surface area contributed by atoms with Gasteiger partial charge in [-0.05, 0) is 90.5 Å². The van der Waals surface area contributed by atoms with Crippen molar-refractivity contribution in [1.29, 1.82) is 0 Å². The van der Waals surface area contributed by atoms with E-state index in [0.29, 0.717) is 0 Å². The zero-order valence-electron chi connectivity index (χ0n) is 26.0. The summed E-state index contributed by atoms with van der Waals surface area (Å²) >= 11 is 0. The lowest BCUT2D eigenvalue weighted by molar-refractivity contribution is 0.660. The summed E-state index contributed by atoms with van der Waals surface area (Å²) in [5.74, 6) is 0. The maximum Gasteiger partial charge on any atom is 0.0540 e. The molecule has 46 heavy (non-hydrogen) atoms. The van der Waals surface area contributed by atoms with Crippen LogP contribution in [-0.2, 0) is 5.41 Å². The molecule has 8 aromatic carbocycles. The molecule has 0 unspecified atom stereocenters. The topological polar surface area (TPSA) is 3.24 Å². The van der Waals surface area contributed by atoms with Crippen molar-refractivity contribution in [3.8, 4) is 22.3 Å². The zero-order valence-corrected chi connectivity index (χ0v) is 26.0. The van der Waals surface area contributed by atoms with Gasteiger partial charge in [-0.25, -0.2) is 0 Å². The molecular formula is C45H33N. The van der Waals surface area contributed by atoms with Crippen LogP contribution in [0, 0.1) is 0 Å². The Morgan fingerprint density at radius 2 is 0.870 bits per heavy atom. The summed E-state index contributed by atoms with van der Waals surface area (Å²) in [5.41, 5.74) is 11.2. The molecule has 218 valence electrons. The Bertz CT molecular complexity index is 2420. The molecular weight excluding hydrogens is 555 g/mol. The number of para-hydroxylation sites is 1. The van der Waals surface area contributed by atoms with Gasteiger partial charge in [-0.3, -0.25) is 0 Å². The largest absolute Gasteiger partial charge is 0.310 e. The van der Waals surface area contributed by atoms with E-state index in [-0.39, 0.29) is 5.41 Å². The maximum atomic E-state index is 2.46. The minimum atomic E-state index is -0.0922. The van der Waals surface area contributed by atoms with Crippen molar-refractivity contribution in [1.82, 2.24) is 0 Å². The number of rotatable bonds is 4. The number of hydrogen-bond acceptors (Lipinski definition) is 1. The second kappa shape index (κ2) is 10.2. The molecule has 0 aliphatic heterocycles. The summed E-state index contributed by atoms with van der Waals surface area (Å²) in [5, 5.41) is 7.69. The Hall–Kier alpha value is -5.66. The third kappa shape index (κ3) is 3.95. The summed E-state index contributed by atoms with van der Waals surface area (Å²) < 4.78 is 0. The van der Waals surface area contributed by atoms with Crippen molar-refractivity contribution in [2.24, 2.45) is 0 Å². The van der Waals surface area contributed by atoms with Crippen LogP contribution in [0.5, 0.6) is 0 Å². The van der Waals surface area contributed by atoms with Gasteiger partial charge in [-0.15, -0.1) is 0 Å². The fourth-order valence-corrected chi connectivity index (χ4v) is 7.82. The third-order valence-electron chi connectivity index (χ3n) is 10.0. The quantitative estimate of drug-likeness (QED) is 0.185. The van der Waals surface area contributed by atoms with E-state index in [1.165, 1.54) is 65.7 Å². The first-order valence-corrected chi connectivity index (χ1v) is 16.1. The molecule has 0 heterocycles. The van der Waals surface area contributed by atoms with Gasteiger partial charge in [0, 0.05) is 22.4 Å². The molecule has 1 heteroatoms. The van der Waals surface area contributed by atoms with E-state index in [9.17, 15) is 0 Å². The predicted molar refractivity (Wildman–Crippen MR) is 197 cm³/mol. The van der Waals surface area contributed by atoms with Crippen LogP contribution >= 0.6 is 0 Å². The van der Waals surface area contributed by atoms with Gasteiger partial charge < -0.3 is 4.90 Å². The number of nitrogens with zero attached hydrogens (tertiary/aromatic N) is 1. The van der Waals surface area contributed by atoms with Gasteiger partial charge in [-0.1, -0.05) is 147 Å². The first-order valence-electron chi connectivity index (χ1n) is 16.1. The van der Waals surface area contributed by atoms with E-state index in [1.807, 2.05) is 0 Å². The zero-order chi connectivity index (χ0) is 30.8. The fraction of sp³-hybridized carbons (Fsp3) is 0.0667. The van der Waals surface area contributed by atoms with E-state index in [2.05, 4.69) is 183 Å². The minimum Gasteiger partial charge on any atom is -0.310 e. The molecule has 0 amide bonds. The first kappa shape index (κ1) is 26.7. The van der Waals surface area contributed by atoms with Gasteiger partial charge in [0.05, 0.1) is 5.69 Å². The molecule has 0 saturated heterocycles. The molecule has 1 nitrogen and oxygen atoms in total. The molecule has 1 aliphatic rings. The van der Waals surface area contributed by atoms with E-state index < -0.39 is 0 Å². The van der Waals surface area contributed by atoms with Crippen molar-refractivity contribution in [3.05, 3.63) is 175 Å². The average molecular weight is 588 g/mol. The van der Waals surface area contributed by atoms with E-state index in [4.69, 9.17) is 0 Å². The maximum absolute atomic E-state index is 2.46. The van der Waals surface area contributed by atoms with Crippen molar-refractivity contribution < 1.29 is 0 Å². The molecule has 0 atom stereocenters.